The predicted molar refractivity (Wildman–Crippen MR) is 72.2 cm³/mol. The van der Waals surface area contributed by atoms with Gasteiger partial charge in [-0.1, -0.05) is 6.07 Å². The summed E-state index contributed by atoms with van der Waals surface area (Å²) in [5.41, 5.74) is 0.897. The van der Waals surface area contributed by atoms with Gasteiger partial charge in [0, 0.05) is 13.2 Å². The fourth-order valence-corrected chi connectivity index (χ4v) is 3.44. The van der Waals surface area contributed by atoms with E-state index in [1.54, 1.807) is 26.2 Å². The van der Waals surface area contributed by atoms with E-state index in [4.69, 9.17) is 5.11 Å². The van der Waals surface area contributed by atoms with E-state index in [-0.39, 0.29) is 16.2 Å². The lowest BCUT2D eigenvalue weighted by Crippen LogP contribution is -2.09. The maximum Gasteiger partial charge on any atom is 0.335 e. The van der Waals surface area contributed by atoms with Crippen molar-refractivity contribution in [3.63, 3.8) is 0 Å². The summed E-state index contributed by atoms with van der Waals surface area (Å²) in [6, 6.07) is 5.69. The Kier molecular flexibility index (Phi) is 3.63. The number of carbonyl (C=O) groups is 1. The summed E-state index contributed by atoms with van der Waals surface area (Å²) < 4.78 is 26.2. The number of aryl methyl sites for hydroxylation is 2. The molecule has 1 N–H and O–H groups in total. The Bertz CT molecular complexity index is 762. The molecule has 1 aromatic carbocycles. The number of hydrogen-bond acceptors (Lipinski definition) is 4. The number of carboxylic acid groups (broad SMARTS) is 1. The van der Waals surface area contributed by atoms with Crippen molar-refractivity contribution in [2.75, 3.05) is 0 Å². The monoisotopic (exact) mass is 294 g/mol. The summed E-state index contributed by atoms with van der Waals surface area (Å²) in [5.74, 6) is -1.41. The van der Waals surface area contributed by atoms with E-state index in [1.807, 2.05) is 0 Å². The zero-order valence-corrected chi connectivity index (χ0v) is 11.9. The smallest absolute Gasteiger partial charge is 0.335 e. The summed E-state index contributed by atoms with van der Waals surface area (Å²) in [7, 11) is -1.93. The van der Waals surface area contributed by atoms with Crippen LogP contribution in [0.15, 0.2) is 35.4 Å². The Balaban J connectivity index is 2.43. The summed E-state index contributed by atoms with van der Waals surface area (Å²) in [6.07, 6.45) is 1.66. The van der Waals surface area contributed by atoms with Crippen LogP contribution in [0.3, 0.4) is 0 Å². The highest BCUT2D eigenvalue weighted by Gasteiger charge is 2.20. The third kappa shape index (κ3) is 2.88. The van der Waals surface area contributed by atoms with Crippen LogP contribution in [0.25, 0.3) is 0 Å². The molecule has 0 saturated heterocycles. The molecule has 7 heteroatoms. The molecule has 0 saturated carbocycles. The van der Waals surface area contributed by atoms with Gasteiger partial charge in [-0.15, -0.1) is 0 Å². The van der Waals surface area contributed by atoms with Gasteiger partial charge in [-0.3, -0.25) is 4.68 Å². The van der Waals surface area contributed by atoms with Gasteiger partial charge in [0.25, 0.3) is 0 Å². The number of carboxylic acids is 1. The Morgan fingerprint density at radius 2 is 2.05 bits per heavy atom. The van der Waals surface area contributed by atoms with Crippen LogP contribution in [0.1, 0.15) is 21.6 Å². The second kappa shape index (κ2) is 5.09. The van der Waals surface area contributed by atoms with Crippen LogP contribution in [0.4, 0.5) is 0 Å². The van der Waals surface area contributed by atoms with Crippen molar-refractivity contribution in [1.82, 2.24) is 9.78 Å². The molecule has 0 unspecified atom stereocenters. The fourth-order valence-electron chi connectivity index (χ4n) is 1.88. The Labute approximate surface area is 116 Å². The van der Waals surface area contributed by atoms with Gasteiger partial charge >= 0.3 is 5.97 Å². The Hall–Kier alpha value is -2.15. The number of benzene rings is 1. The SMILES string of the molecule is Cc1ccc(C(=O)O)cc1S(=O)(=O)Cc1ccn(C)n1. The molecule has 1 aromatic heterocycles. The van der Waals surface area contributed by atoms with E-state index in [0.717, 1.165) is 0 Å². The lowest BCUT2D eigenvalue weighted by molar-refractivity contribution is 0.0696. The molecule has 0 bridgehead atoms. The molecule has 1 heterocycles. The zero-order chi connectivity index (χ0) is 14.9. The van der Waals surface area contributed by atoms with Gasteiger partial charge in [-0.2, -0.15) is 5.10 Å². The predicted octanol–water partition coefficient (Wildman–Crippen LogP) is 1.40. The molecule has 0 amide bonds. The van der Waals surface area contributed by atoms with Gasteiger partial charge in [0.1, 0.15) is 0 Å². The van der Waals surface area contributed by atoms with Crippen molar-refractivity contribution >= 4 is 15.8 Å². The molecule has 0 spiro atoms. The largest absolute Gasteiger partial charge is 0.478 e. The third-order valence-electron chi connectivity index (χ3n) is 2.88. The fraction of sp³-hybridized carbons (Fsp3) is 0.231. The van der Waals surface area contributed by atoms with Crippen LogP contribution >= 0.6 is 0 Å². The first-order chi connectivity index (χ1) is 9.29. The highest BCUT2D eigenvalue weighted by molar-refractivity contribution is 7.90. The number of aromatic carboxylic acids is 1. The van der Waals surface area contributed by atoms with Gasteiger partial charge in [-0.25, -0.2) is 13.2 Å². The van der Waals surface area contributed by atoms with Crippen LogP contribution in [0, 0.1) is 6.92 Å². The standard InChI is InChI=1S/C13H14N2O4S/c1-9-3-4-10(13(16)17)7-12(9)20(18,19)8-11-5-6-15(2)14-11/h3-7H,8H2,1-2H3,(H,16,17). The Morgan fingerprint density at radius 3 is 2.60 bits per heavy atom. The Morgan fingerprint density at radius 1 is 1.35 bits per heavy atom. The molecule has 0 aliphatic rings. The lowest BCUT2D eigenvalue weighted by Gasteiger charge is -2.07. The highest BCUT2D eigenvalue weighted by Crippen LogP contribution is 2.21. The average Bonchev–Trinajstić information content (AvgIpc) is 2.73. The van der Waals surface area contributed by atoms with Gasteiger partial charge in [0.05, 0.1) is 21.9 Å². The maximum atomic E-state index is 12.4. The number of hydrogen-bond donors (Lipinski definition) is 1. The summed E-state index contributed by atoms with van der Waals surface area (Å²) in [5, 5.41) is 13.0. The van der Waals surface area contributed by atoms with Crippen molar-refractivity contribution in [1.29, 1.82) is 0 Å². The molecular formula is C13H14N2O4S. The molecule has 0 atom stereocenters. The maximum absolute atomic E-state index is 12.4. The molecule has 106 valence electrons. The van der Waals surface area contributed by atoms with E-state index in [1.165, 1.54) is 22.9 Å². The van der Waals surface area contributed by atoms with E-state index in [0.29, 0.717) is 11.3 Å². The van der Waals surface area contributed by atoms with Gasteiger partial charge in [0.2, 0.25) is 0 Å². The lowest BCUT2D eigenvalue weighted by atomic mass is 10.1. The van der Waals surface area contributed by atoms with Crippen LogP contribution in [0.5, 0.6) is 0 Å². The normalized spacial score (nSPS) is 11.5. The van der Waals surface area contributed by atoms with Crippen LogP contribution in [-0.2, 0) is 22.6 Å². The van der Waals surface area contributed by atoms with Gasteiger partial charge < -0.3 is 5.11 Å². The number of aromatic nitrogens is 2. The molecule has 0 aliphatic heterocycles. The number of nitrogens with zero attached hydrogens (tertiary/aromatic N) is 2. The van der Waals surface area contributed by atoms with E-state index in [9.17, 15) is 13.2 Å². The zero-order valence-electron chi connectivity index (χ0n) is 11.1. The molecule has 0 radical (unpaired) electrons. The number of sulfone groups is 1. The van der Waals surface area contributed by atoms with E-state index in [2.05, 4.69) is 5.10 Å². The van der Waals surface area contributed by atoms with E-state index < -0.39 is 15.8 Å². The van der Waals surface area contributed by atoms with E-state index >= 15 is 0 Å². The average molecular weight is 294 g/mol. The molecule has 6 nitrogen and oxygen atoms in total. The quantitative estimate of drug-likeness (QED) is 0.920. The van der Waals surface area contributed by atoms with Crippen LogP contribution < -0.4 is 0 Å². The molecule has 0 fully saturated rings. The van der Waals surface area contributed by atoms with Crippen molar-refractivity contribution in [3.05, 3.63) is 47.3 Å². The first-order valence-electron chi connectivity index (χ1n) is 5.85. The topological polar surface area (TPSA) is 89.3 Å². The van der Waals surface area contributed by atoms with Gasteiger partial charge in [0.15, 0.2) is 9.84 Å². The molecular weight excluding hydrogens is 280 g/mol. The molecule has 2 aromatic rings. The molecule has 0 aliphatic carbocycles. The van der Waals surface area contributed by atoms with Crippen LogP contribution in [0.2, 0.25) is 0 Å². The van der Waals surface area contributed by atoms with Crippen molar-refractivity contribution in [3.8, 4) is 0 Å². The van der Waals surface area contributed by atoms with Crippen molar-refractivity contribution < 1.29 is 18.3 Å². The third-order valence-corrected chi connectivity index (χ3v) is 4.66. The minimum atomic E-state index is -3.63. The van der Waals surface area contributed by atoms with Crippen molar-refractivity contribution in [2.45, 2.75) is 17.6 Å². The minimum absolute atomic E-state index is 0.0306. The second-order valence-electron chi connectivity index (χ2n) is 4.53. The first-order valence-corrected chi connectivity index (χ1v) is 7.50. The second-order valence-corrected chi connectivity index (χ2v) is 6.48. The van der Waals surface area contributed by atoms with Crippen molar-refractivity contribution in [2.24, 2.45) is 7.05 Å². The highest BCUT2D eigenvalue weighted by atomic mass is 32.2. The molecule has 2 rings (SSSR count). The summed E-state index contributed by atoms with van der Waals surface area (Å²) in [4.78, 5) is 11.0. The van der Waals surface area contributed by atoms with Gasteiger partial charge in [-0.05, 0) is 30.7 Å². The van der Waals surface area contributed by atoms with Crippen LogP contribution in [-0.4, -0.2) is 29.3 Å². The first kappa shape index (κ1) is 14.3. The minimum Gasteiger partial charge on any atom is -0.478 e. The summed E-state index contributed by atoms with van der Waals surface area (Å²) >= 11 is 0. The summed E-state index contributed by atoms with van der Waals surface area (Å²) in [6.45, 7) is 1.64. The number of rotatable bonds is 4. The molecule has 20 heavy (non-hydrogen) atoms.